The molecule has 0 atom stereocenters. The quantitative estimate of drug-likeness (QED) is 0.923. The number of amides is 1. The fourth-order valence-electron chi connectivity index (χ4n) is 1.47. The molecule has 1 N–H and O–H groups in total. The summed E-state index contributed by atoms with van der Waals surface area (Å²) in [5.41, 5.74) is 1.69. The van der Waals surface area contributed by atoms with Crippen LogP contribution in [0.25, 0.3) is 0 Å². The topological polar surface area (TPSA) is 54.9 Å². The molecule has 94 valence electrons. The Morgan fingerprint density at radius 3 is 2.72 bits per heavy atom. The number of hydrogen-bond donors (Lipinski definition) is 1. The van der Waals surface area contributed by atoms with Gasteiger partial charge >= 0.3 is 0 Å². The monoisotopic (exact) mass is 261 g/mol. The van der Waals surface area contributed by atoms with Crippen LogP contribution in [0.4, 0.5) is 5.13 Å². The Morgan fingerprint density at radius 2 is 2.11 bits per heavy atom. The fourth-order valence-corrected chi connectivity index (χ4v) is 2.21. The lowest BCUT2D eigenvalue weighted by atomic mass is 10.1. The third kappa shape index (κ3) is 2.92. The van der Waals surface area contributed by atoms with Crippen LogP contribution >= 0.6 is 11.3 Å². The molecule has 0 spiro atoms. The van der Waals surface area contributed by atoms with E-state index in [4.69, 9.17) is 0 Å². The SMILES string of the molecule is Cc1cccc(C(=O)Nc2nnc(C(C)C)s2)c1. The summed E-state index contributed by atoms with van der Waals surface area (Å²) in [6, 6.07) is 7.45. The van der Waals surface area contributed by atoms with Crippen LogP contribution in [0.5, 0.6) is 0 Å². The molecule has 0 fully saturated rings. The number of rotatable bonds is 3. The van der Waals surface area contributed by atoms with Crippen molar-refractivity contribution in [3.8, 4) is 0 Å². The maximum atomic E-state index is 12.0. The minimum atomic E-state index is -0.148. The first kappa shape index (κ1) is 12.7. The van der Waals surface area contributed by atoms with E-state index in [0.29, 0.717) is 16.6 Å². The lowest BCUT2D eigenvalue weighted by Gasteiger charge is -2.01. The largest absolute Gasteiger partial charge is 0.296 e. The number of aryl methyl sites for hydroxylation is 1. The van der Waals surface area contributed by atoms with E-state index in [9.17, 15) is 4.79 Å². The number of anilines is 1. The zero-order valence-electron chi connectivity index (χ0n) is 10.6. The summed E-state index contributed by atoms with van der Waals surface area (Å²) in [6.07, 6.45) is 0. The highest BCUT2D eigenvalue weighted by molar-refractivity contribution is 7.15. The lowest BCUT2D eigenvalue weighted by molar-refractivity contribution is 0.102. The molecule has 0 aliphatic carbocycles. The van der Waals surface area contributed by atoms with Crippen molar-refractivity contribution in [3.05, 3.63) is 40.4 Å². The summed E-state index contributed by atoms with van der Waals surface area (Å²) < 4.78 is 0. The third-order valence-electron chi connectivity index (χ3n) is 2.44. The Balaban J connectivity index is 2.11. The molecule has 2 aromatic rings. The van der Waals surface area contributed by atoms with Crippen molar-refractivity contribution < 1.29 is 4.79 Å². The molecule has 0 aliphatic rings. The van der Waals surface area contributed by atoms with E-state index >= 15 is 0 Å². The highest BCUT2D eigenvalue weighted by Crippen LogP contribution is 2.22. The number of nitrogens with one attached hydrogen (secondary N) is 1. The van der Waals surface area contributed by atoms with Gasteiger partial charge in [-0.1, -0.05) is 42.9 Å². The van der Waals surface area contributed by atoms with Crippen molar-refractivity contribution in [2.24, 2.45) is 0 Å². The van der Waals surface area contributed by atoms with E-state index in [1.54, 1.807) is 6.07 Å². The van der Waals surface area contributed by atoms with Crippen LogP contribution in [0.3, 0.4) is 0 Å². The van der Waals surface area contributed by atoms with Crippen molar-refractivity contribution in [2.45, 2.75) is 26.7 Å². The zero-order valence-corrected chi connectivity index (χ0v) is 11.4. The molecule has 0 saturated heterocycles. The molecule has 1 heterocycles. The average molecular weight is 261 g/mol. The first-order valence-corrected chi connectivity index (χ1v) is 6.59. The van der Waals surface area contributed by atoms with Crippen molar-refractivity contribution in [1.82, 2.24) is 10.2 Å². The van der Waals surface area contributed by atoms with Gasteiger partial charge in [0.2, 0.25) is 5.13 Å². The molecule has 0 aliphatic heterocycles. The van der Waals surface area contributed by atoms with Gasteiger partial charge in [-0.25, -0.2) is 0 Å². The van der Waals surface area contributed by atoms with Crippen molar-refractivity contribution in [1.29, 1.82) is 0 Å². The molecule has 0 saturated carbocycles. The van der Waals surface area contributed by atoms with E-state index < -0.39 is 0 Å². The summed E-state index contributed by atoms with van der Waals surface area (Å²) in [4.78, 5) is 12.0. The molecule has 0 unspecified atom stereocenters. The Morgan fingerprint density at radius 1 is 1.33 bits per heavy atom. The van der Waals surface area contributed by atoms with Gasteiger partial charge in [0.05, 0.1) is 0 Å². The number of hydrogen-bond acceptors (Lipinski definition) is 4. The van der Waals surface area contributed by atoms with Gasteiger partial charge in [-0.15, -0.1) is 10.2 Å². The maximum absolute atomic E-state index is 12.0. The summed E-state index contributed by atoms with van der Waals surface area (Å²) in [5, 5.41) is 12.2. The van der Waals surface area contributed by atoms with Gasteiger partial charge in [-0.3, -0.25) is 10.1 Å². The lowest BCUT2D eigenvalue weighted by Crippen LogP contribution is -2.11. The molecule has 4 nitrogen and oxygen atoms in total. The Bertz CT molecular complexity index is 563. The molecule has 1 aromatic heterocycles. The predicted molar refractivity (Wildman–Crippen MR) is 73.1 cm³/mol. The second-order valence-corrected chi connectivity index (χ2v) is 5.43. The highest BCUT2D eigenvalue weighted by atomic mass is 32.1. The van der Waals surface area contributed by atoms with Crippen LogP contribution in [-0.4, -0.2) is 16.1 Å². The number of aromatic nitrogens is 2. The van der Waals surface area contributed by atoms with Crippen molar-refractivity contribution >= 4 is 22.4 Å². The van der Waals surface area contributed by atoms with Crippen molar-refractivity contribution in [2.75, 3.05) is 5.32 Å². The second-order valence-electron chi connectivity index (χ2n) is 4.42. The van der Waals surface area contributed by atoms with Crippen LogP contribution in [0.2, 0.25) is 0 Å². The van der Waals surface area contributed by atoms with Gasteiger partial charge in [-0.2, -0.15) is 0 Å². The second kappa shape index (κ2) is 5.27. The zero-order chi connectivity index (χ0) is 13.1. The van der Waals surface area contributed by atoms with Gasteiger partial charge in [0, 0.05) is 11.5 Å². The molecule has 18 heavy (non-hydrogen) atoms. The summed E-state index contributed by atoms with van der Waals surface area (Å²) in [5.74, 6) is 0.178. The maximum Gasteiger partial charge on any atom is 0.257 e. The number of benzene rings is 1. The van der Waals surface area contributed by atoms with E-state index in [-0.39, 0.29) is 5.91 Å². The van der Waals surface area contributed by atoms with Crippen LogP contribution in [-0.2, 0) is 0 Å². The molecule has 0 radical (unpaired) electrons. The molecular formula is C13H15N3OS. The van der Waals surface area contributed by atoms with Gasteiger partial charge in [0.25, 0.3) is 5.91 Å². The van der Waals surface area contributed by atoms with Gasteiger partial charge in [0.15, 0.2) is 0 Å². The minimum absolute atomic E-state index is 0.148. The third-order valence-corrected chi connectivity index (χ3v) is 3.57. The number of carbonyl (C=O) groups is 1. The Hall–Kier alpha value is -1.75. The van der Waals surface area contributed by atoms with E-state index in [1.807, 2.05) is 39.0 Å². The Kier molecular flexibility index (Phi) is 3.72. The standard InChI is InChI=1S/C13H15N3OS/c1-8(2)12-15-16-13(18-12)14-11(17)10-6-4-5-9(3)7-10/h4-8H,1-3H3,(H,14,16,17). The Labute approximate surface area is 110 Å². The summed E-state index contributed by atoms with van der Waals surface area (Å²) >= 11 is 1.41. The average Bonchev–Trinajstić information content (AvgIpc) is 2.77. The molecule has 1 aromatic carbocycles. The first-order valence-electron chi connectivity index (χ1n) is 5.77. The van der Waals surface area contributed by atoms with Crippen LogP contribution in [0.15, 0.2) is 24.3 Å². The molecule has 1 amide bonds. The smallest absolute Gasteiger partial charge is 0.257 e. The van der Waals surface area contributed by atoms with Gasteiger partial charge < -0.3 is 0 Å². The minimum Gasteiger partial charge on any atom is -0.296 e. The molecule has 2 rings (SSSR count). The highest BCUT2D eigenvalue weighted by Gasteiger charge is 2.11. The van der Waals surface area contributed by atoms with E-state index in [0.717, 1.165) is 10.6 Å². The number of carbonyl (C=O) groups excluding carboxylic acids is 1. The molecule has 0 bridgehead atoms. The van der Waals surface area contributed by atoms with Crippen molar-refractivity contribution in [3.63, 3.8) is 0 Å². The summed E-state index contributed by atoms with van der Waals surface area (Å²) in [6.45, 7) is 6.05. The number of nitrogens with zero attached hydrogens (tertiary/aromatic N) is 2. The van der Waals surface area contributed by atoms with Gasteiger partial charge in [-0.05, 0) is 19.1 Å². The van der Waals surface area contributed by atoms with E-state index in [1.165, 1.54) is 11.3 Å². The first-order chi connectivity index (χ1) is 8.56. The van der Waals surface area contributed by atoms with Crippen LogP contribution < -0.4 is 5.32 Å². The predicted octanol–water partition coefficient (Wildman–Crippen LogP) is 3.22. The fraction of sp³-hybridized carbons (Fsp3) is 0.308. The molecular weight excluding hydrogens is 246 g/mol. The van der Waals surface area contributed by atoms with Crippen LogP contribution in [0.1, 0.15) is 40.7 Å². The van der Waals surface area contributed by atoms with Gasteiger partial charge in [0.1, 0.15) is 5.01 Å². The molecule has 5 heteroatoms. The van der Waals surface area contributed by atoms with E-state index in [2.05, 4.69) is 15.5 Å². The normalized spacial score (nSPS) is 10.7. The summed E-state index contributed by atoms with van der Waals surface area (Å²) in [7, 11) is 0. The van der Waals surface area contributed by atoms with Crippen LogP contribution in [0, 0.1) is 6.92 Å².